The van der Waals surface area contributed by atoms with Crippen LogP contribution >= 0.6 is 15.9 Å². The maximum absolute atomic E-state index is 10.7. The number of hydrogen-bond acceptors (Lipinski definition) is 4. The molecule has 1 rings (SSSR count). The molecule has 0 aliphatic heterocycles. The highest BCUT2D eigenvalue weighted by Gasteiger charge is 2.14. The van der Waals surface area contributed by atoms with Crippen molar-refractivity contribution in [3.63, 3.8) is 0 Å². The maximum Gasteiger partial charge on any atom is 0.328 e. The zero-order chi connectivity index (χ0) is 17.1. The largest absolute Gasteiger partial charge is 0.478 e. The second kappa shape index (κ2) is 11.0. The molecule has 0 aliphatic carbocycles. The Kier molecular flexibility index (Phi) is 10.2. The average Bonchev–Trinajstić information content (AvgIpc) is 2.45. The first-order valence-electron chi connectivity index (χ1n) is 6.76. The molecule has 22 heavy (non-hydrogen) atoms. The van der Waals surface area contributed by atoms with Crippen LogP contribution in [0.3, 0.4) is 0 Å². The Labute approximate surface area is 139 Å². The second-order valence-corrected chi connectivity index (χ2v) is 5.90. The van der Waals surface area contributed by atoms with E-state index in [-0.39, 0.29) is 5.97 Å². The van der Waals surface area contributed by atoms with E-state index in [9.17, 15) is 9.59 Å². The molecule has 1 atom stereocenters. The van der Waals surface area contributed by atoms with Gasteiger partial charge in [-0.2, -0.15) is 0 Å². The van der Waals surface area contributed by atoms with Gasteiger partial charge in [0.05, 0.1) is 7.11 Å². The summed E-state index contributed by atoms with van der Waals surface area (Å²) in [5.41, 5.74) is 6.33. The first kappa shape index (κ1) is 20.3. The zero-order valence-corrected chi connectivity index (χ0v) is 14.5. The van der Waals surface area contributed by atoms with Crippen LogP contribution in [0.1, 0.15) is 25.8 Å². The molecule has 0 aliphatic rings. The smallest absolute Gasteiger partial charge is 0.328 e. The number of halogens is 1. The van der Waals surface area contributed by atoms with E-state index in [2.05, 4.69) is 20.7 Å². The lowest BCUT2D eigenvalue weighted by molar-refractivity contribution is -0.142. The van der Waals surface area contributed by atoms with E-state index >= 15 is 0 Å². The minimum Gasteiger partial charge on any atom is -0.478 e. The number of nitrogens with two attached hydrogens (primary N) is 1. The third-order valence-electron chi connectivity index (χ3n) is 2.52. The number of carboxylic acid groups (broad SMARTS) is 1. The van der Waals surface area contributed by atoms with Gasteiger partial charge >= 0.3 is 11.9 Å². The van der Waals surface area contributed by atoms with Gasteiger partial charge in [-0.1, -0.05) is 41.9 Å². The quantitative estimate of drug-likeness (QED) is 0.613. The number of carbonyl (C=O) groups is 2. The number of methoxy groups -OCH3 is 1. The highest BCUT2D eigenvalue weighted by molar-refractivity contribution is 9.10. The molecule has 0 bridgehead atoms. The predicted molar refractivity (Wildman–Crippen MR) is 90.3 cm³/mol. The number of rotatable bonds is 5. The summed E-state index contributed by atoms with van der Waals surface area (Å²) in [7, 11) is 1.35. The molecule has 0 fully saturated rings. The van der Waals surface area contributed by atoms with Crippen molar-refractivity contribution < 1.29 is 19.4 Å². The summed E-state index contributed by atoms with van der Waals surface area (Å²) in [6, 6.07) is 6.95. The summed E-state index contributed by atoms with van der Waals surface area (Å²) >= 11 is 3.29. The van der Waals surface area contributed by atoms with Crippen molar-refractivity contribution in [3.8, 4) is 0 Å². The topological polar surface area (TPSA) is 89.6 Å². The number of aliphatic carboxylic acids is 1. The van der Waals surface area contributed by atoms with Gasteiger partial charge in [-0.3, -0.25) is 4.79 Å². The van der Waals surface area contributed by atoms with E-state index in [1.165, 1.54) is 7.11 Å². The number of carbonyl (C=O) groups excluding carboxylic acids is 1. The van der Waals surface area contributed by atoms with Crippen molar-refractivity contribution in [2.45, 2.75) is 26.3 Å². The highest BCUT2D eigenvalue weighted by atomic mass is 79.9. The van der Waals surface area contributed by atoms with Gasteiger partial charge in [-0.25, -0.2) is 4.79 Å². The molecule has 6 heteroatoms. The summed E-state index contributed by atoms with van der Waals surface area (Å²) in [6.07, 6.45) is 3.35. The Hall–Kier alpha value is -1.66. The van der Waals surface area contributed by atoms with E-state index in [1.54, 1.807) is 6.08 Å². The molecule has 0 saturated carbocycles. The molecule has 5 nitrogen and oxygen atoms in total. The summed E-state index contributed by atoms with van der Waals surface area (Å²) in [5, 5.41) is 8.33. The molecule has 0 heterocycles. The van der Waals surface area contributed by atoms with Crippen LogP contribution in [0, 0.1) is 5.92 Å². The van der Waals surface area contributed by atoms with Crippen LogP contribution in [0.2, 0.25) is 0 Å². The van der Waals surface area contributed by atoms with E-state index < -0.39 is 12.0 Å². The molecular formula is C16H22BrNO4. The lowest BCUT2D eigenvalue weighted by atomic mass is 10.1. The van der Waals surface area contributed by atoms with E-state index in [0.717, 1.165) is 16.1 Å². The van der Waals surface area contributed by atoms with Gasteiger partial charge in [0.2, 0.25) is 0 Å². The number of benzene rings is 1. The third kappa shape index (κ3) is 10.1. The SMILES string of the molecule is COC(=O)[C@@H](N)CC(C)C.O=C(O)/C=C/c1ccc(Br)cc1. The van der Waals surface area contributed by atoms with Crippen LogP contribution in [-0.4, -0.2) is 30.2 Å². The van der Waals surface area contributed by atoms with Gasteiger partial charge in [0, 0.05) is 10.5 Å². The van der Waals surface area contributed by atoms with Crippen LogP contribution in [0.4, 0.5) is 0 Å². The van der Waals surface area contributed by atoms with Gasteiger partial charge in [0.15, 0.2) is 0 Å². The van der Waals surface area contributed by atoms with Gasteiger partial charge in [-0.15, -0.1) is 0 Å². The van der Waals surface area contributed by atoms with Crippen molar-refractivity contribution in [3.05, 3.63) is 40.4 Å². The molecule has 0 saturated heterocycles. The van der Waals surface area contributed by atoms with Crippen LogP contribution in [0.15, 0.2) is 34.8 Å². The molecule has 0 radical (unpaired) electrons. The maximum atomic E-state index is 10.7. The Morgan fingerprint density at radius 3 is 2.27 bits per heavy atom. The zero-order valence-electron chi connectivity index (χ0n) is 13.0. The Morgan fingerprint density at radius 2 is 1.86 bits per heavy atom. The standard InChI is InChI=1S/C9H7BrO2.C7H15NO2/c10-8-4-1-7(2-5-8)3-6-9(11)12;1-5(2)4-6(8)7(9)10-3/h1-6H,(H,11,12);5-6H,4,8H2,1-3H3/b6-3+;/t;6-/m.0/s1. The minimum atomic E-state index is -0.932. The molecule has 0 spiro atoms. The van der Waals surface area contributed by atoms with Gasteiger partial charge < -0.3 is 15.6 Å². The van der Waals surface area contributed by atoms with Crippen LogP contribution in [0.5, 0.6) is 0 Å². The summed E-state index contributed by atoms with van der Waals surface area (Å²) in [5.74, 6) is -0.819. The molecule has 0 aromatic heterocycles. The van der Waals surface area contributed by atoms with E-state index in [1.807, 2.05) is 38.1 Å². The van der Waals surface area contributed by atoms with Crippen LogP contribution in [-0.2, 0) is 14.3 Å². The number of carboxylic acids is 1. The summed E-state index contributed by atoms with van der Waals surface area (Å²) in [6.45, 7) is 4.03. The molecular weight excluding hydrogens is 350 g/mol. The summed E-state index contributed by atoms with van der Waals surface area (Å²) in [4.78, 5) is 20.8. The fraction of sp³-hybridized carbons (Fsp3) is 0.375. The lowest BCUT2D eigenvalue weighted by Gasteiger charge is -2.10. The first-order chi connectivity index (χ1) is 10.3. The van der Waals surface area contributed by atoms with E-state index in [4.69, 9.17) is 10.8 Å². The highest BCUT2D eigenvalue weighted by Crippen LogP contribution is 2.11. The molecule has 0 amide bonds. The fourth-order valence-corrected chi connectivity index (χ4v) is 1.76. The summed E-state index contributed by atoms with van der Waals surface area (Å²) < 4.78 is 5.43. The molecule has 0 unspecified atom stereocenters. The van der Waals surface area contributed by atoms with E-state index in [0.29, 0.717) is 12.3 Å². The fourth-order valence-electron chi connectivity index (χ4n) is 1.50. The molecule has 3 N–H and O–H groups in total. The second-order valence-electron chi connectivity index (χ2n) is 4.98. The third-order valence-corrected chi connectivity index (χ3v) is 3.05. The van der Waals surface area contributed by atoms with Crippen LogP contribution in [0.25, 0.3) is 6.08 Å². The van der Waals surface area contributed by atoms with Crippen molar-refractivity contribution in [1.29, 1.82) is 0 Å². The predicted octanol–water partition coefficient (Wildman–Crippen LogP) is 3.08. The average molecular weight is 372 g/mol. The minimum absolute atomic E-state index is 0.325. The van der Waals surface area contributed by atoms with Gasteiger partial charge in [-0.05, 0) is 36.1 Å². The first-order valence-corrected chi connectivity index (χ1v) is 7.55. The molecule has 1 aromatic carbocycles. The monoisotopic (exact) mass is 371 g/mol. The van der Waals surface area contributed by atoms with Gasteiger partial charge in [0.1, 0.15) is 6.04 Å². The Bertz CT molecular complexity index is 497. The van der Waals surface area contributed by atoms with Crippen molar-refractivity contribution in [2.75, 3.05) is 7.11 Å². The number of esters is 1. The Morgan fingerprint density at radius 1 is 1.32 bits per heavy atom. The number of hydrogen-bond donors (Lipinski definition) is 2. The molecule has 122 valence electrons. The number of ether oxygens (including phenoxy) is 1. The lowest BCUT2D eigenvalue weighted by Crippen LogP contribution is -2.32. The van der Waals surface area contributed by atoms with Crippen molar-refractivity contribution >= 4 is 33.9 Å². The van der Waals surface area contributed by atoms with Crippen LogP contribution < -0.4 is 5.73 Å². The normalized spacial score (nSPS) is 11.7. The van der Waals surface area contributed by atoms with Gasteiger partial charge in [0.25, 0.3) is 0 Å². The van der Waals surface area contributed by atoms with Crippen molar-refractivity contribution in [1.82, 2.24) is 0 Å². The Balaban J connectivity index is 0.000000409. The molecule has 1 aromatic rings. The van der Waals surface area contributed by atoms with Crippen molar-refractivity contribution in [2.24, 2.45) is 11.7 Å².